The Kier molecular flexibility index (Phi) is 3.13. The molecule has 5 heteroatoms. The van der Waals surface area contributed by atoms with Crippen molar-refractivity contribution >= 4 is 11.3 Å². The fourth-order valence-electron chi connectivity index (χ4n) is 1.27. The van der Waals surface area contributed by atoms with E-state index in [0.29, 0.717) is 12.4 Å². The van der Waals surface area contributed by atoms with Gasteiger partial charge in [-0.3, -0.25) is 0 Å². The summed E-state index contributed by atoms with van der Waals surface area (Å²) in [5, 5.41) is 3.90. The van der Waals surface area contributed by atoms with Gasteiger partial charge in [-0.2, -0.15) is 4.98 Å². The van der Waals surface area contributed by atoms with Crippen molar-refractivity contribution in [2.45, 2.75) is 19.8 Å². The first kappa shape index (κ1) is 10.3. The molecule has 4 nitrogen and oxygen atoms in total. The zero-order valence-corrected chi connectivity index (χ0v) is 9.38. The van der Waals surface area contributed by atoms with Gasteiger partial charge in [-0.25, -0.2) is 0 Å². The van der Waals surface area contributed by atoms with Crippen molar-refractivity contribution in [3.8, 4) is 10.8 Å². The zero-order valence-electron chi connectivity index (χ0n) is 8.56. The second kappa shape index (κ2) is 4.55. The summed E-state index contributed by atoms with van der Waals surface area (Å²) in [5.41, 5.74) is 5.41. The van der Waals surface area contributed by atoms with Gasteiger partial charge in [-0.1, -0.05) is 5.16 Å². The molecule has 0 bridgehead atoms. The monoisotopic (exact) mass is 223 g/mol. The van der Waals surface area contributed by atoms with Gasteiger partial charge in [-0.15, -0.1) is 11.3 Å². The summed E-state index contributed by atoms with van der Waals surface area (Å²) in [6.45, 7) is 2.71. The summed E-state index contributed by atoms with van der Waals surface area (Å²) < 4.78 is 5.17. The fourth-order valence-corrected chi connectivity index (χ4v) is 2.05. The molecule has 0 atom stereocenters. The molecular formula is C10H13N3OS. The summed E-state index contributed by atoms with van der Waals surface area (Å²) in [7, 11) is 0. The van der Waals surface area contributed by atoms with E-state index in [4.69, 9.17) is 10.3 Å². The number of hydrogen-bond donors (Lipinski definition) is 1. The molecule has 2 heterocycles. The molecule has 2 N–H and O–H groups in total. The Morgan fingerprint density at radius 2 is 2.33 bits per heavy atom. The molecule has 0 aliphatic heterocycles. The minimum absolute atomic E-state index is 0.611. The molecule has 0 saturated carbocycles. The summed E-state index contributed by atoms with van der Waals surface area (Å²) in [6.07, 6.45) is 1.67. The lowest BCUT2D eigenvalue weighted by molar-refractivity contribution is 0.422. The third-order valence-corrected chi connectivity index (χ3v) is 3.01. The minimum atomic E-state index is 0.611. The van der Waals surface area contributed by atoms with E-state index >= 15 is 0 Å². The average Bonchev–Trinajstić information content (AvgIpc) is 2.83. The lowest BCUT2D eigenvalue weighted by atomic mass is 10.3. The van der Waals surface area contributed by atoms with E-state index in [0.717, 1.165) is 23.5 Å². The van der Waals surface area contributed by atoms with E-state index in [-0.39, 0.29) is 0 Å². The van der Waals surface area contributed by atoms with Crippen LogP contribution in [0, 0.1) is 6.92 Å². The molecule has 0 aliphatic carbocycles. The van der Waals surface area contributed by atoms with Gasteiger partial charge in [0.15, 0.2) is 5.82 Å². The lowest BCUT2D eigenvalue weighted by Crippen LogP contribution is -2.01. The predicted molar refractivity (Wildman–Crippen MR) is 59.7 cm³/mol. The molecule has 15 heavy (non-hydrogen) atoms. The van der Waals surface area contributed by atoms with Crippen molar-refractivity contribution < 1.29 is 4.52 Å². The Labute approximate surface area is 92.1 Å². The van der Waals surface area contributed by atoms with Crippen LogP contribution in [0.15, 0.2) is 16.7 Å². The topological polar surface area (TPSA) is 64.9 Å². The molecule has 0 unspecified atom stereocenters. The lowest BCUT2D eigenvalue weighted by Gasteiger charge is -1.88. The highest BCUT2D eigenvalue weighted by Gasteiger charge is 2.09. The molecule has 0 aromatic carbocycles. The fraction of sp³-hybridized carbons (Fsp3) is 0.400. The highest BCUT2D eigenvalue weighted by Crippen LogP contribution is 2.25. The Hall–Kier alpha value is -1.20. The third kappa shape index (κ3) is 2.43. The van der Waals surface area contributed by atoms with E-state index < -0.39 is 0 Å². The van der Waals surface area contributed by atoms with Crippen LogP contribution in [-0.4, -0.2) is 16.7 Å². The quantitative estimate of drug-likeness (QED) is 0.861. The highest BCUT2D eigenvalue weighted by molar-refractivity contribution is 7.15. The summed E-state index contributed by atoms with van der Waals surface area (Å²) in [6, 6.07) is 4.05. The maximum atomic E-state index is 5.41. The Morgan fingerprint density at radius 1 is 1.47 bits per heavy atom. The number of rotatable bonds is 4. The van der Waals surface area contributed by atoms with Crippen molar-refractivity contribution in [2.75, 3.05) is 6.54 Å². The van der Waals surface area contributed by atoms with Gasteiger partial charge in [0.25, 0.3) is 5.89 Å². The largest absolute Gasteiger partial charge is 0.333 e. The van der Waals surface area contributed by atoms with Crippen molar-refractivity contribution in [3.63, 3.8) is 0 Å². The van der Waals surface area contributed by atoms with Crippen molar-refractivity contribution in [2.24, 2.45) is 5.73 Å². The molecule has 2 rings (SSSR count). The highest BCUT2D eigenvalue weighted by atomic mass is 32.1. The van der Waals surface area contributed by atoms with Crippen LogP contribution < -0.4 is 5.73 Å². The zero-order chi connectivity index (χ0) is 10.7. The number of nitrogens with two attached hydrogens (primary N) is 1. The van der Waals surface area contributed by atoms with Crippen LogP contribution >= 0.6 is 11.3 Å². The Balaban J connectivity index is 2.13. The van der Waals surface area contributed by atoms with Crippen LogP contribution in [0.5, 0.6) is 0 Å². The van der Waals surface area contributed by atoms with E-state index in [2.05, 4.69) is 17.1 Å². The molecular weight excluding hydrogens is 210 g/mol. The van der Waals surface area contributed by atoms with Crippen LogP contribution in [-0.2, 0) is 6.42 Å². The number of aryl methyl sites for hydroxylation is 2. The van der Waals surface area contributed by atoms with Gasteiger partial charge in [0, 0.05) is 11.3 Å². The predicted octanol–water partition coefficient (Wildman–Crippen LogP) is 2.00. The average molecular weight is 223 g/mol. The molecule has 80 valence electrons. The normalized spacial score (nSPS) is 10.8. The second-order valence-electron chi connectivity index (χ2n) is 3.32. The Bertz CT molecular complexity index is 435. The molecule has 2 aromatic rings. The number of nitrogens with zero attached hydrogens (tertiary/aromatic N) is 2. The number of aromatic nitrogens is 2. The first-order valence-corrected chi connectivity index (χ1v) is 5.70. The van der Waals surface area contributed by atoms with Gasteiger partial charge in [0.2, 0.25) is 0 Å². The summed E-state index contributed by atoms with van der Waals surface area (Å²) in [4.78, 5) is 6.58. The minimum Gasteiger partial charge on any atom is -0.333 e. The van der Waals surface area contributed by atoms with E-state index in [1.165, 1.54) is 4.88 Å². The molecule has 2 aromatic heterocycles. The van der Waals surface area contributed by atoms with Crippen molar-refractivity contribution in [1.82, 2.24) is 10.1 Å². The molecule has 0 radical (unpaired) electrons. The van der Waals surface area contributed by atoms with Crippen LogP contribution in [0.3, 0.4) is 0 Å². The maximum Gasteiger partial charge on any atom is 0.267 e. The van der Waals surface area contributed by atoms with Crippen molar-refractivity contribution in [1.29, 1.82) is 0 Å². The van der Waals surface area contributed by atoms with Crippen LogP contribution in [0.4, 0.5) is 0 Å². The van der Waals surface area contributed by atoms with Crippen molar-refractivity contribution in [3.05, 3.63) is 22.8 Å². The standard InChI is InChI=1S/C10H13N3OS/c1-7-4-5-8(15-7)10-12-9(13-14-10)3-2-6-11/h4-5H,2-3,6,11H2,1H3. The van der Waals surface area contributed by atoms with E-state index in [1.54, 1.807) is 11.3 Å². The first-order valence-electron chi connectivity index (χ1n) is 4.89. The molecule has 0 fully saturated rings. The molecule has 0 spiro atoms. The first-order chi connectivity index (χ1) is 7.29. The van der Waals surface area contributed by atoms with Gasteiger partial charge in [-0.05, 0) is 32.0 Å². The SMILES string of the molecule is Cc1ccc(-c2nc(CCCN)no2)s1. The van der Waals surface area contributed by atoms with Gasteiger partial charge < -0.3 is 10.3 Å². The van der Waals surface area contributed by atoms with Gasteiger partial charge >= 0.3 is 0 Å². The molecule has 0 saturated heterocycles. The van der Waals surface area contributed by atoms with Gasteiger partial charge in [0.05, 0.1) is 4.88 Å². The molecule has 0 amide bonds. The Morgan fingerprint density at radius 3 is 3.00 bits per heavy atom. The molecule has 0 aliphatic rings. The summed E-state index contributed by atoms with van der Waals surface area (Å²) >= 11 is 1.66. The van der Waals surface area contributed by atoms with Crippen LogP contribution in [0.25, 0.3) is 10.8 Å². The number of hydrogen-bond acceptors (Lipinski definition) is 5. The maximum absolute atomic E-state index is 5.41. The van der Waals surface area contributed by atoms with E-state index in [9.17, 15) is 0 Å². The third-order valence-electron chi connectivity index (χ3n) is 2.02. The smallest absolute Gasteiger partial charge is 0.267 e. The van der Waals surface area contributed by atoms with Crippen LogP contribution in [0.2, 0.25) is 0 Å². The number of thiophene rings is 1. The van der Waals surface area contributed by atoms with Crippen LogP contribution in [0.1, 0.15) is 17.1 Å². The van der Waals surface area contributed by atoms with Gasteiger partial charge in [0.1, 0.15) is 0 Å². The summed E-state index contributed by atoms with van der Waals surface area (Å²) in [5.74, 6) is 1.35. The van der Waals surface area contributed by atoms with E-state index in [1.807, 2.05) is 12.1 Å². The second-order valence-corrected chi connectivity index (χ2v) is 4.61.